The molecule has 2 aromatic carbocycles. The number of para-hydroxylation sites is 1. The maximum atomic E-state index is 13.0. The van der Waals surface area contributed by atoms with Crippen LogP contribution in [0.4, 0.5) is 0 Å². The van der Waals surface area contributed by atoms with E-state index in [1.54, 1.807) is 48.5 Å². The van der Waals surface area contributed by atoms with Gasteiger partial charge in [0.2, 0.25) is 0 Å². The number of nitrogens with zero attached hydrogens (tertiary/aromatic N) is 1. The SMILES string of the molecule is COc1ccccc1C1/C(=C(/O)c2cccc(Cl)c2)C(=O)C(=O)N1CCOC(C)C. The van der Waals surface area contributed by atoms with Crippen LogP contribution in [0, 0.1) is 0 Å². The molecule has 1 N–H and O–H groups in total. The van der Waals surface area contributed by atoms with Crippen LogP contribution in [0.15, 0.2) is 54.1 Å². The second-order valence-electron chi connectivity index (χ2n) is 7.16. The molecule has 0 aromatic heterocycles. The lowest BCUT2D eigenvalue weighted by Gasteiger charge is -2.26. The maximum absolute atomic E-state index is 13.0. The Kier molecular flexibility index (Phi) is 6.80. The predicted octanol–water partition coefficient (Wildman–Crippen LogP) is 4.20. The zero-order valence-electron chi connectivity index (χ0n) is 17.1. The van der Waals surface area contributed by atoms with E-state index in [-0.39, 0.29) is 30.6 Å². The molecule has 6 nitrogen and oxygen atoms in total. The van der Waals surface area contributed by atoms with Crippen molar-refractivity contribution in [2.75, 3.05) is 20.3 Å². The van der Waals surface area contributed by atoms with E-state index < -0.39 is 17.7 Å². The molecular formula is C23H24ClNO5. The Morgan fingerprint density at radius 2 is 1.90 bits per heavy atom. The molecule has 1 saturated heterocycles. The molecule has 158 valence electrons. The molecule has 0 radical (unpaired) electrons. The number of halogens is 1. The normalized spacial score (nSPS) is 18.3. The predicted molar refractivity (Wildman–Crippen MR) is 115 cm³/mol. The van der Waals surface area contributed by atoms with Crippen LogP contribution in [0.2, 0.25) is 5.02 Å². The lowest BCUT2D eigenvalue weighted by atomic mass is 9.94. The van der Waals surface area contributed by atoms with Crippen LogP contribution in [0.25, 0.3) is 5.76 Å². The average molecular weight is 430 g/mol. The minimum Gasteiger partial charge on any atom is -0.507 e. The highest BCUT2D eigenvalue weighted by Gasteiger charge is 2.46. The summed E-state index contributed by atoms with van der Waals surface area (Å²) in [5.41, 5.74) is 0.961. The van der Waals surface area contributed by atoms with E-state index in [9.17, 15) is 14.7 Å². The first-order valence-electron chi connectivity index (χ1n) is 9.64. The van der Waals surface area contributed by atoms with Gasteiger partial charge in [-0.25, -0.2) is 0 Å². The number of carbonyl (C=O) groups excluding carboxylic acids is 2. The average Bonchev–Trinajstić information content (AvgIpc) is 2.97. The molecule has 0 saturated carbocycles. The smallest absolute Gasteiger partial charge is 0.295 e. The Balaban J connectivity index is 2.15. The van der Waals surface area contributed by atoms with Gasteiger partial charge in [-0.15, -0.1) is 0 Å². The zero-order valence-corrected chi connectivity index (χ0v) is 17.8. The third-order valence-corrected chi connectivity index (χ3v) is 5.09. The van der Waals surface area contributed by atoms with E-state index in [0.717, 1.165) is 0 Å². The molecule has 1 amide bonds. The van der Waals surface area contributed by atoms with E-state index in [4.69, 9.17) is 21.1 Å². The number of aliphatic hydroxyl groups excluding tert-OH is 1. The maximum Gasteiger partial charge on any atom is 0.295 e. The summed E-state index contributed by atoms with van der Waals surface area (Å²) in [5, 5.41) is 11.4. The van der Waals surface area contributed by atoms with Crippen LogP contribution in [0.5, 0.6) is 5.75 Å². The quantitative estimate of drug-likeness (QED) is 0.405. The molecule has 30 heavy (non-hydrogen) atoms. The highest BCUT2D eigenvalue weighted by molar-refractivity contribution is 6.46. The Bertz CT molecular complexity index is 985. The van der Waals surface area contributed by atoms with Crippen LogP contribution in [0.1, 0.15) is 31.0 Å². The highest BCUT2D eigenvalue weighted by atomic mass is 35.5. The molecule has 1 unspecified atom stereocenters. The number of likely N-dealkylation sites (tertiary alicyclic amines) is 1. The number of benzene rings is 2. The van der Waals surface area contributed by atoms with Crippen molar-refractivity contribution in [1.82, 2.24) is 4.90 Å². The summed E-state index contributed by atoms with van der Waals surface area (Å²) >= 11 is 6.06. The third kappa shape index (κ3) is 4.35. The summed E-state index contributed by atoms with van der Waals surface area (Å²) < 4.78 is 11.1. The molecule has 1 fully saturated rings. The van der Waals surface area contributed by atoms with Crippen LogP contribution < -0.4 is 4.74 Å². The lowest BCUT2D eigenvalue weighted by Crippen LogP contribution is -2.33. The van der Waals surface area contributed by atoms with Crippen molar-refractivity contribution >= 4 is 29.1 Å². The number of hydrogen-bond donors (Lipinski definition) is 1. The first-order chi connectivity index (χ1) is 14.3. The molecule has 0 spiro atoms. The molecule has 3 rings (SSSR count). The number of ether oxygens (including phenoxy) is 2. The van der Waals surface area contributed by atoms with Crippen molar-refractivity contribution in [3.05, 3.63) is 70.3 Å². The largest absolute Gasteiger partial charge is 0.507 e. The fourth-order valence-corrected chi connectivity index (χ4v) is 3.69. The van der Waals surface area contributed by atoms with Crippen molar-refractivity contribution in [3.8, 4) is 5.75 Å². The van der Waals surface area contributed by atoms with Gasteiger partial charge in [0.25, 0.3) is 11.7 Å². The summed E-state index contributed by atoms with van der Waals surface area (Å²) in [6.45, 7) is 4.24. The van der Waals surface area contributed by atoms with Crippen LogP contribution in [-0.2, 0) is 14.3 Å². The number of carbonyl (C=O) groups is 2. The monoisotopic (exact) mass is 429 g/mol. The molecule has 7 heteroatoms. The van der Waals surface area contributed by atoms with Gasteiger partial charge in [0.1, 0.15) is 11.5 Å². The Labute approximate surface area is 180 Å². The molecule has 1 aliphatic heterocycles. The van der Waals surface area contributed by atoms with Crippen molar-refractivity contribution in [2.24, 2.45) is 0 Å². The van der Waals surface area contributed by atoms with Crippen molar-refractivity contribution in [2.45, 2.75) is 26.0 Å². The van der Waals surface area contributed by atoms with Gasteiger partial charge in [0.15, 0.2) is 0 Å². The van der Waals surface area contributed by atoms with E-state index in [1.165, 1.54) is 12.0 Å². The second kappa shape index (κ2) is 9.32. The minimum absolute atomic E-state index is 0.00341. The minimum atomic E-state index is -0.809. The summed E-state index contributed by atoms with van der Waals surface area (Å²) in [6.07, 6.45) is -0.0157. The van der Waals surface area contributed by atoms with Gasteiger partial charge in [-0.1, -0.05) is 41.9 Å². The summed E-state index contributed by atoms with van der Waals surface area (Å²) in [5.74, 6) is -1.22. The number of rotatable bonds is 7. The summed E-state index contributed by atoms with van der Waals surface area (Å²) in [4.78, 5) is 27.3. The fraction of sp³-hybridized carbons (Fsp3) is 0.304. The first-order valence-corrected chi connectivity index (χ1v) is 10.0. The molecule has 0 aliphatic carbocycles. The highest BCUT2D eigenvalue weighted by Crippen LogP contribution is 2.42. The standard InChI is InChI=1S/C23H24ClNO5/c1-14(2)30-12-11-25-20(17-9-4-5-10-18(17)29-3)19(22(27)23(25)28)21(26)15-7-6-8-16(24)13-15/h4-10,13-14,20,26H,11-12H2,1-3H3/b21-19-. The van der Waals surface area contributed by atoms with Gasteiger partial charge in [0.05, 0.1) is 31.4 Å². The zero-order chi connectivity index (χ0) is 21.8. The lowest BCUT2D eigenvalue weighted by molar-refractivity contribution is -0.140. The second-order valence-corrected chi connectivity index (χ2v) is 7.60. The topological polar surface area (TPSA) is 76.1 Å². The summed E-state index contributed by atoms with van der Waals surface area (Å²) in [6, 6.07) is 12.8. The summed E-state index contributed by atoms with van der Waals surface area (Å²) in [7, 11) is 1.52. The van der Waals surface area contributed by atoms with Gasteiger partial charge in [-0.3, -0.25) is 9.59 Å². The van der Waals surface area contributed by atoms with Gasteiger partial charge >= 0.3 is 0 Å². The molecule has 2 aromatic rings. The number of methoxy groups -OCH3 is 1. The molecule has 1 atom stereocenters. The first kappa shape index (κ1) is 21.9. The number of ketones is 1. The number of Topliss-reactive ketones (excluding diaryl/α,β-unsaturated/α-hetero) is 1. The molecule has 0 bridgehead atoms. The van der Waals surface area contributed by atoms with Crippen LogP contribution in [-0.4, -0.2) is 48.1 Å². The van der Waals surface area contributed by atoms with Gasteiger partial charge in [-0.2, -0.15) is 0 Å². The number of amides is 1. The Morgan fingerprint density at radius 3 is 2.57 bits per heavy atom. The van der Waals surface area contributed by atoms with E-state index >= 15 is 0 Å². The van der Waals surface area contributed by atoms with E-state index in [1.807, 2.05) is 13.8 Å². The van der Waals surface area contributed by atoms with E-state index in [2.05, 4.69) is 0 Å². The Morgan fingerprint density at radius 1 is 1.17 bits per heavy atom. The van der Waals surface area contributed by atoms with E-state index in [0.29, 0.717) is 21.9 Å². The molecule has 1 heterocycles. The third-order valence-electron chi connectivity index (χ3n) is 4.85. The van der Waals surface area contributed by atoms with Crippen molar-refractivity contribution in [1.29, 1.82) is 0 Å². The van der Waals surface area contributed by atoms with Crippen LogP contribution in [0.3, 0.4) is 0 Å². The van der Waals surface area contributed by atoms with Crippen molar-refractivity contribution in [3.63, 3.8) is 0 Å². The number of aliphatic hydroxyl groups is 1. The van der Waals surface area contributed by atoms with Crippen LogP contribution >= 0.6 is 11.6 Å². The molecule has 1 aliphatic rings. The fourth-order valence-electron chi connectivity index (χ4n) is 3.50. The van der Waals surface area contributed by atoms with Crippen molar-refractivity contribution < 1.29 is 24.2 Å². The molecular weight excluding hydrogens is 406 g/mol. The van der Waals surface area contributed by atoms with Gasteiger partial charge in [-0.05, 0) is 32.0 Å². The van der Waals surface area contributed by atoms with Gasteiger partial charge < -0.3 is 19.5 Å². The van der Waals surface area contributed by atoms with Gasteiger partial charge in [0, 0.05) is 22.7 Å². The number of hydrogen-bond acceptors (Lipinski definition) is 5. The Hall–Kier alpha value is -2.83.